The minimum atomic E-state index is -1.50. The zero-order valence-electron chi connectivity index (χ0n) is 2.21. The van der Waals surface area contributed by atoms with Crippen molar-refractivity contribution < 1.29 is 10.3 Å². The summed E-state index contributed by atoms with van der Waals surface area (Å²) in [6.07, 6.45) is 0. The van der Waals surface area contributed by atoms with E-state index in [1.54, 1.807) is 0 Å². The maximum absolute atomic E-state index is 8.36. The number of nitrogens with zero attached hydrogens (tertiary/aromatic N) is 1. The van der Waals surface area contributed by atoms with Crippen LogP contribution in [0.4, 0.5) is 0 Å². The van der Waals surface area contributed by atoms with E-state index in [2.05, 4.69) is 0 Å². The zero-order chi connectivity index (χ0) is 3.58. The molecule has 0 heterocycles. The van der Waals surface area contributed by atoms with Crippen molar-refractivity contribution in [1.82, 2.24) is 0 Å². The Morgan fingerprint density at radius 1 is 1.80 bits per heavy atom. The molecule has 0 aromatic rings. The molecule has 0 amide bonds. The Hall–Kier alpha value is 0.0961. The van der Waals surface area contributed by atoms with Gasteiger partial charge in [-0.15, -0.1) is 10.1 Å². The van der Waals surface area contributed by atoms with Crippen LogP contribution < -0.4 is 0 Å². The van der Waals surface area contributed by atoms with Crippen LogP contribution in [0.3, 0.4) is 0 Å². The van der Waals surface area contributed by atoms with Gasteiger partial charge in [0.1, 0.15) is 0 Å². The SMILES string of the molecule is O=[N+]([O-])O.[PoH2]. The Balaban J connectivity index is 0. The first-order valence-electron chi connectivity index (χ1n) is 0.565. The Morgan fingerprint density at radius 2 is 1.80 bits per heavy atom. The van der Waals surface area contributed by atoms with Gasteiger partial charge in [0.2, 0.25) is 0 Å². The summed E-state index contributed by atoms with van der Waals surface area (Å²) in [5.41, 5.74) is 0. The van der Waals surface area contributed by atoms with Crippen molar-refractivity contribution in [2.75, 3.05) is 0 Å². The molecule has 5 heteroatoms. The molecule has 0 unspecified atom stereocenters. The Kier molecular flexibility index (Phi) is 7.31. The van der Waals surface area contributed by atoms with Crippen LogP contribution in [0.2, 0.25) is 0 Å². The number of rotatable bonds is 0. The summed E-state index contributed by atoms with van der Waals surface area (Å²) in [5.74, 6) is 0. The second-order valence-electron chi connectivity index (χ2n) is 0.238. The summed E-state index contributed by atoms with van der Waals surface area (Å²) < 4.78 is 0. The summed E-state index contributed by atoms with van der Waals surface area (Å²) in [7, 11) is 0. The van der Waals surface area contributed by atoms with Crippen LogP contribution in [0.5, 0.6) is 0 Å². The van der Waals surface area contributed by atoms with E-state index in [1.165, 1.54) is 0 Å². The predicted octanol–water partition coefficient (Wildman–Crippen LogP) is -1.26. The first kappa shape index (κ1) is 8.92. The van der Waals surface area contributed by atoms with Gasteiger partial charge in [0.05, 0.1) is 0 Å². The van der Waals surface area contributed by atoms with Gasteiger partial charge in [0.15, 0.2) is 0 Å². The summed E-state index contributed by atoms with van der Waals surface area (Å²) in [5, 5.41) is 13.6. The van der Waals surface area contributed by atoms with Gasteiger partial charge < -0.3 is 5.21 Å². The fourth-order valence-electron chi connectivity index (χ4n) is 0. The van der Waals surface area contributed by atoms with E-state index < -0.39 is 5.09 Å². The van der Waals surface area contributed by atoms with Crippen LogP contribution >= 0.6 is 0 Å². The molecule has 0 saturated heterocycles. The first-order chi connectivity index (χ1) is 1.73. The van der Waals surface area contributed by atoms with Crippen molar-refractivity contribution in [1.29, 1.82) is 0 Å². The van der Waals surface area contributed by atoms with Gasteiger partial charge in [-0.2, -0.15) is 0 Å². The van der Waals surface area contributed by atoms with Gasteiger partial charge in [-0.3, -0.25) is 0 Å². The molecule has 0 atom stereocenters. The van der Waals surface area contributed by atoms with E-state index in [4.69, 9.17) is 15.3 Å². The molecule has 4 nitrogen and oxygen atoms in total. The van der Waals surface area contributed by atoms with Crippen molar-refractivity contribution in [2.45, 2.75) is 0 Å². The summed E-state index contributed by atoms with van der Waals surface area (Å²) in [4.78, 5) is 8.36. The number of hydrogen-bond acceptors (Lipinski definition) is 2. The minimum absolute atomic E-state index is 0. The number of hydrogen-bond donors (Lipinski definition) is 1. The normalized spacial score (nSPS) is 4.80. The van der Waals surface area contributed by atoms with Crippen molar-refractivity contribution in [2.24, 2.45) is 0 Å². The Labute approximate surface area is 47.4 Å². The quantitative estimate of drug-likeness (QED) is 0.443. The third kappa shape index (κ3) is 1950. The third-order valence-corrected chi connectivity index (χ3v) is 0. The molecule has 5 heavy (non-hydrogen) atoms. The molecule has 0 aromatic heterocycles. The van der Waals surface area contributed by atoms with Gasteiger partial charge in [-0.05, 0) is 0 Å². The molecule has 0 spiro atoms. The molecule has 0 aliphatic carbocycles. The van der Waals surface area contributed by atoms with Gasteiger partial charge >= 0.3 is 26.6 Å². The Bertz CT molecular complexity index is 29.9. The van der Waals surface area contributed by atoms with E-state index in [1.807, 2.05) is 0 Å². The molecule has 0 saturated carbocycles. The van der Waals surface area contributed by atoms with E-state index in [-0.39, 0.29) is 26.6 Å². The van der Waals surface area contributed by atoms with Crippen molar-refractivity contribution in [3.63, 3.8) is 0 Å². The molecule has 0 fully saturated rings. The average Bonchev–Trinajstić information content (AvgIpc) is 0.811. The molecule has 1 N–H and O–H groups in total. The van der Waals surface area contributed by atoms with Crippen LogP contribution in [-0.2, 0) is 0 Å². The van der Waals surface area contributed by atoms with E-state index in [9.17, 15) is 0 Å². The molecular weight excluding hydrogens is 271 g/mol. The van der Waals surface area contributed by atoms with Crippen LogP contribution in [0.25, 0.3) is 0 Å². The fraction of sp³-hybridized carbons (Fsp3) is 0. The molecule has 32 valence electrons. The van der Waals surface area contributed by atoms with Crippen LogP contribution in [0.1, 0.15) is 0 Å². The van der Waals surface area contributed by atoms with Gasteiger partial charge in [0.25, 0.3) is 5.09 Å². The molecule has 0 bridgehead atoms. The van der Waals surface area contributed by atoms with Crippen LogP contribution in [0.15, 0.2) is 0 Å². The van der Waals surface area contributed by atoms with Crippen LogP contribution in [-0.4, -0.2) is 36.9 Å². The average molecular weight is 274 g/mol. The zero-order valence-corrected chi connectivity index (χ0v) is 6.10. The van der Waals surface area contributed by atoms with Gasteiger partial charge in [-0.1, -0.05) is 0 Å². The summed E-state index contributed by atoms with van der Waals surface area (Å²) >= 11 is 0. The molecule has 0 aliphatic rings. The molecule has 0 radical (unpaired) electrons. The monoisotopic (exact) mass is 274 g/mol. The van der Waals surface area contributed by atoms with E-state index in [0.717, 1.165) is 0 Å². The second kappa shape index (κ2) is 4.10. The molecule has 0 aliphatic heterocycles. The van der Waals surface area contributed by atoms with Gasteiger partial charge in [-0.25, -0.2) is 0 Å². The molecule has 0 aromatic carbocycles. The molecular formula is H3NO3Po. The molecule has 0 rings (SSSR count). The summed E-state index contributed by atoms with van der Waals surface area (Å²) in [6.45, 7) is 0. The predicted molar refractivity (Wildman–Crippen MR) is 17.3 cm³/mol. The van der Waals surface area contributed by atoms with Crippen molar-refractivity contribution in [3.05, 3.63) is 10.1 Å². The van der Waals surface area contributed by atoms with E-state index >= 15 is 0 Å². The standard InChI is InChI=1S/HNO3.Po.2H/c2-1(3)4;;;/h(H,2,3,4);;;. The topological polar surface area (TPSA) is 63.4 Å². The Morgan fingerprint density at radius 3 is 1.80 bits per heavy atom. The maximum atomic E-state index is 8.36. The van der Waals surface area contributed by atoms with Crippen molar-refractivity contribution >= 4 is 26.6 Å². The van der Waals surface area contributed by atoms with Crippen molar-refractivity contribution in [3.8, 4) is 0 Å². The van der Waals surface area contributed by atoms with E-state index in [0.29, 0.717) is 0 Å². The first-order valence-corrected chi connectivity index (χ1v) is 0.565. The summed E-state index contributed by atoms with van der Waals surface area (Å²) in [6, 6.07) is 0. The third-order valence-electron chi connectivity index (χ3n) is 0. The fourth-order valence-corrected chi connectivity index (χ4v) is 0. The second-order valence-corrected chi connectivity index (χ2v) is 0.238. The van der Waals surface area contributed by atoms with Gasteiger partial charge in [0, 0.05) is 0 Å². The van der Waals surface area contributed by atoms with Crippen LogP contribution in [0, 0.1) is 10.1 Å².